The van der Waals surface area contributed by atoms with Crippen molar-refractivity contribution in [3.8, 4) is 0 Å². The van der Waals surface area contributed by atoms with E-state index < -0.39 is 0 Å². The van der Waals surface area contributed by atoms with Gasteiger partial charge < -0.3 is 4.57 Å². The molecule has 0 N–H and O–H groups in total. The fraction of sp³-hybridized carbons (Fsp3) is 0.625. The van der Waals surface area contributed by atoms with Gasteiger partial charge in [0, 0.05) is 11.7 Å². The van der Waals surface area contributed by atoms with Crippen molar-refractivity contribution in [3.05, 3.63) is 17.1 Å². The van der Waals surface area contributed by atoms with E-state index in [-0.39, 0.29) is 5.54 Å². The molecule has 0 saturated heterocycles. The summed E-state index contributed by atoms with van der Waals surface area (Å²) in [5.41, 5.74) is 0.180. The molecule has 0 aromatic carbocycles. The SMILES string of the molecule is CCC(C)(C)n1cnc(Br)c1. The molecule has 0 aliphatic rings. The summed E-state index contributed by atoms with van der Waals surface area (Å²) in [4.78, 5) is 4.11. The van der Waals surface area contributed by atoms with Crippen LogP contribution in [-0.2, 0) is 5.54 Å². The van der Waals surface area contributed by atoms with Gasteiger partial charge in [-0.15, -0.1) is 0 Å². The molecule has 1 rings (SSSR count). The van der Waals surface area contributed by atoms with Crippen LogP contribution in [0.2, 0.25) is 0 Å². The van der Waals surface area contributed by atoms with Gasteiger partial charge in [-0.05, 0) is 36.2 Å². The minimum Gasteiger partial charge on any atom is -0.331 e. The van der Waals surface area contributed by atoms with Gasteiger partial charge in [0.05, 0.1) is 6.33 Å². The number of hydrogen-bond acceptors (Lipinski definition) is 1. The second kappa shape index (κ2) is 2.97. The first-order chi connectivity index (χ1) is 5.06. The third kappa shape index (κ3) is 1.83. The van der Waals surface area contributed by atoms with Crippen LogP contribution < -0.4 is 0 Å². The normalized spacial score (nSPS) is 12.0. The molecule has 0 saturated carbocycles. The van der Waals surface area contributed by atoms with Crippen LogP contribution in [0, 0.1) is 0 Å². The van der Waals surface area contributed by atoms with Gasteiger partial charge in [-0.2, -0.15) is 0 Å². The number of aromatic nitrogens is 2. The van der Waals surface area contributed by atoms with Gasteiger partial charge in [0.15, 0.2) is 0 Å². The fourth-order valence-electron chi connectivity index (χ4n) is 0.812. The van der Waals surface area contributed by atoms with E-state index in [9.17, 15) is 0 Å². The molecule has 3 heteroatoms. The molecule has 0 bridgehead atoms. The molecule has 62 valence electrons. The number of rotatable bonds is 2. The van der Waals surface area contributed by atoms with Crippen molar-refractivity contribution in [2.75, 3.05) is 0 Å². The zero-order valence-electron chi connectivity index (χ0n) is 7.13. The Balaban J connectivity index is 2.92. The van der Waals surface area contributed by atoms with E-state index in [1.807, 2.05) is 12.5 Å². The van der Waals surface area contributed by atoms with E-state index in [1.165, 1.54) is 0 Å². The lowest BCUT2D eigenvalue weighted by Gasteiger charge is -2.24. The van der Waals surface area contributed by atoms with E-state index in [1.54, 1.807) is 0 Å². The maximum absolute atomic E-state index is 4.11. The molecule has 0 spiro atoms. The van der Waals surface area contributed by atoms with Crippen LogP contribution in [0.3, 0.4) is 0 Å². The van der Waals surface area contributed by atoms with Crippen LogP contribution in [-0.4, -0.2) is 9.55 Å². The number of hydrogen-bond donors (Lipinski definition) is 0. The molecule has 0 fully saturated rings. The Morgan fingerprint density at radius 3 is 2.64 bits per heavy atom. The van der Waals surface area contributed by atoms with Crippen molar-refractivity contribution in [2.45, 2.75) is 32.7 Å². The average molecular weight is 217 g/mol. The third-order valence-corrected chi connectivity index (χ3v) is 2.52. The smallest absolute Gasteiger partial charge is 0.124 e. The average Bonchev–Trinajstić information content (AvgIpc) is 2.36. The topological polar surface area (TPSA) is 17.8 Å². The molecule has 0 atom stereocenters. The van der Waals surface area contributed by atoms with Gasteiger partial charge in [-0.1, -0.05) is 6.92 Å². The second-order valence-electron chi connectivity index (χ2n) is 3.27. The summed E-state index contributed by atoms with van der Waals surface area (Å²) in [6, 6.07) is 0. The maximum Gasteiger partial charge on any atom is 0.124 e. The van der Waals surface area contributed by atoms with Crippen LogP contribution >= 0.6 is 15.9 Å². The van der Waals surface area contributed by atoms with Crippen LogP contribution in [0.4, 0.5) is 0 Å². The van der Waals surface area contributed by atoms with E-state index >= 15 is 0 Å². The fourth-order valence-corrected chi connectivity index (χ4v) is 1.12. The minimum atomic E-state index is 0.180. The number of halogens is 1. The summed E-state index contributed by atoms with van der Waals surface area (Å²) in [6.07, 6.45) is 4.97. The van der Waals surface area contributed by atoms with Crippen molar-refractivity contribution in [3.63, 3.8) is 0 Å². The molecule has 1 aromatic rings. The van der Waals surface area contributed by atoms with E-state index in [0.29, 0.717) is 0 Å². The minimum absolute atomic E-state index is 0.180. The Kier molecular flexibility index (Phi) is 2.37. The van der Waals surface area contributed by atoms with E-state index in [0.717, 1.165) is 11.0 Å². The Morgan fingerprint density at radius 1 is 1.64 bits per heavy atom. The van der Waals surface area contributed by atoms with Gasteiger partial charge >= 0.3 is 0 Å². The molecule has 0 amide bonds. The monoisotopic (exact) mass is 216 g/mol. The zero-order chi connectivity index (χ0) is 8.48. The highest BCUT2D eigenvalue weighted by Crippen LogP contribution is 2.20. The van der Waals surface area contributed by atoms with Gasteiger partial charge in [0.25, 0.3) is 0 Å². The van der Waals surface area contributed by atoms with Crippen LogP contribution in [0.1, 0.15) is 27.2 Å². The molecule has 1 heterocycles. The van der Waals surface area contributed by atoms with Crippen LogP contribution in [0.25, 0.3) is 0 Å². The van der Waals surface area contributed by atoms with Crippen LogP contribution in [0.15, 0.2) is 17.1 Å². The van der Waals surface area contributed by atoms with Gasteiger partial charge in [-0.3, -0.25) is 0 Å². The van der Waals surface area contributed by atoms with Gasteiger partial charge in [0.2, 0.25) is 0 Å². The first-order valence-electron chi connectivity index (χ1n) is 3.76. The predicted molar refractivity (Wildman–Crippen MR) is 49.5 cm³/mol. The van der Waals surface area contributed by atoms with Crippen LogP contribution in [0.5, 0.6) is 0 Å². The largest absolute Gasteiger partial charge is 0.331 e. The lowest BCUT2D eigenvalue weighted by molar-refractivity contribution is 0.342. The summed E-state index contributed by atoms with van der Waals surface area (Å²) in [5, 5.41) is 0. The van der Waals surface area contributed by atoms with Gasteiger partial charge in [0.1, 0.15) is 4.60 Å². The van der Waals surface area contributed by atoms with Crippen molar-refractivity contribution in [2.24, 2.45) is 0 Å². The Bertz CT molecular complexity index is 240. The first-order valence-corrected chi connectivity index (χ1v) is 4.55. The van der Waals surface area contributed by atoms with E-state index in [2.05, 4.69) is 46.3 Å². The van der Waals surface area contributed by atoms with Crippen molar-refractivity contribution in [1.82, 2.24) is 9.55 Å². The summed E-state index contributed by atoms with van der Waals surface area (Å²) in [7, 11) is 0. The molecule has 0 unspecified atom stereocenters. The third-order valence-electron chi connectivity index (χ3n) is 2.12. The summed E-state index contributed by atoms with van der Waals surface area (Å²) in [5.74, 6) is 0. The van der Waals surface area contributed by atoms with Crippen molar-refractivity contribution in [1.29, 1.82) is 0 Å². The molecule has 11 heavy (non-hydrogen) atoms. The highest BCUT2D eigenvalue weighted by Gasteiger charge is 2.16. The summed E-state index contributed by atoms with van der Waals surface area (Å²) >= 11 is 3.32. The lowest BCUT2D eigenvalue weighted by Crippen LogP contribution is -2.23. The standard InChI is InChI=1S/C8H13BrN2/c1-4-8(2,3)11-5-7(9)10-6-11/h5-6H,4H2,1-3H3. The molecular weight excluding hydrogens is 204 g/mol. The first kappa shape index (κ1) is 8.78. The number of imidazole rings is 1. The molecule has 0 radical (unpaired) electrons. The summed E-state index contributed by atoms with van der Waals surface area (Å²) < 4.78 is 3.02. The maximum atomic E-state index is 4.11. The lowest BCUT2D eigenvalue weighted by atomic mass is 10.0. The predicted octanol–water partition coefficient (Wildman–Crippen LogP) is 2.79. The highest BCUT2D eigenvalue weighted by atomic mass is 79.9. The molecule has 1 aromatic heterocycles. The highest BCUT2D eigenvalue weighted by molar-refractivity contribution is 9.10. The number of nitrogens with zero attached hydrogens (tertiary/aromatic N) is 2. The van der Waals surface area contributed by atoms with Gasteiger partial charge in [-0.25, -0.2) is 4.98 Å². The molecular formula is C8H13BrN2. The Morgan fingerprint density at radius 2 is 2.27 bits per heavy atom. The second-order valence-corrected chi connectivity index (χ2v) is 4.08. The molecule has 0 aliphatic heterocycles. The zero-order valence-corrected chi connectivity index (χ0v) is 8.72. The van der Waals surface area contributed by atoms with Crippen molar-refractivity contribution < 1.29 is 0 Å². The molecule has 2 nitrogen and oxygen atoms in total. The Hall–Kier alpha value is -0.310. The van der Waals surface area contributed by atoms with E-state index in [4.69, 9.17) is 0 Å². The van der Waals surface area contributed by atoms with Crippen molar-refractivity contribution >= 4 is 15.9 Å². The summed E-state index contributed by atoms with van der Waals surface area (Å²) in [6.45, 7) is 6.57. The Labute approximate surface area is 75.8 Å². The molecule has 0 aliphatic carbocycles. The quantitative estimate of drug-likeness (QED) is 0.744.